The van der Waals surface area contributed by atoms with Crippen LogP contribution in [0.5, 0.6) is 0 Å². The van der Waals surface area contributed by atoms with Crippen LogP contribution in [0.4, 0.5) is 5.82 Å². The van der Waals surface area contributed by atoms with Gasteiger partial charge in [0.1, 0.15) is 5.82 Å². The molecule has 8 nitrogen and oxygen atoms in total. The molecule has 2 fully saturated rings. The first-order valence-corrected chi connectivity index (χ1v) is 9.33. The number of anilines is 1. The number of nitrogens with zero attached hydrogens (tertiary/aromatic N) is 4. The molecule has 4 rings (SSSR count). The summed E-state index contributed by atoms with van der Waals surface area (Å²) in [6, 6.07) is 5.32. The zero-order valence-electron chi connectivity index (χ0n) is 15.1. The minimum atomic E-state index is -0.124. The molecular weight excluding hydrogens is 346 g/mol. The van der Waals surface area contributed by atoms with Crippen LogP contribution in [0.15, 0.2) is 35.5 Å². The van der Waals surface area contributed by atoms with Crippen molar-refractivity contribution in [2.45, 2.75) is 18.8 Å². The van der Waals surface area contributed by atoms with Crippen molar-refractivity contribution < 1.29 is 9.53 Å². The minimum Gasteiger partial charge on any atom is -0.378 e. The number of carbonyl (C=O) groups is 1. The second-order valence-electron chi connectivity index (χ2n) is 6.93. The highest BCUT2D eigenvalue weighted by Crippen LogP contribution is 2.27. The Morgan fingerprint density at radius 1 is 1.19 bits per heavy atom. The van der Waals surface area contributed by atoms with E-state index in [1.807, 2.05) is 12.1 Å². The van der Waals surface area contributed by atoms with Gasteiger partial charge in [0.2, 0.25) is 0 Å². The molecule has 2 aromatic heterocycles. The fraction of sp³-hybridized carbons (Fsp3) is 0.474. The summed E-state index contributed by atoms with van der Waals surface area (Å²) in [5, 5.41) is 0. The van der Waals surface area contributed by atoms with Gasteiger partial charge >= 0.3 is 0 Å². The summed E-state index contributed by atoms with van der Waals surface area (Å²) < 4.78 is 5.30. The molecular formula is C19H23N5O3. The average Bonchev–Trinajstić information content (AvgIpc) is 2.74. The van der Waals surface area contributed by atoms with Crippen LogP contribution in [-0.2, 0) is 4.74 Å². The highest BCUT2D eigenvalue weighted by Gasteiger charge is 2.24. The number of morpholine rings is 1. The Bertz CT molecular complexity index is 845. The molecule has 0 aromatic carbocycles. The van der Waals surface area contributed by atoms with Gasteiger partial charge in [0.25, 0.3) is 11.5 Å². The first-order chi connectivity index (χ1) is 13.2. The zero-order chi connectivity index (χ0) is 18.6. The van der Waals surface area contributed by atoms with Crippen molar-refractivity contribution >= 4 is 11.7 Å². The maximum atomic E-state index is 12.5. The van der Waals surface area contributed by atoms with E-state index in [2.05, 4.69) is 19.9 Å². The fourth-order valence-electron chi connectivity index (χ4n) is 3.68. The molecule has 4 heterocycles. The van der Waals surface area contributed by atoms with Gasteiger partial charge in [0.05, 0.1) is 30.8 Å². The molecule has 1 unspecified atom stereocenters. The molecule has 0 saturated carbocycles. The number of ether oxygens (including phenoxy) is 1. The van der Waals surface area contributed by atoms with E-state index in [0.717, 1.165) is 37.4 Å². The summed E-state index contributed by atoms with van der Waals surface area (Å²) in [4.78, 5) is 39.5. The number of rotatable bonds is 3. The number of aromatic nitrogens is 3. The van der Waals surface area contributed by atoms with E-state index in [-0.39, 0.29) is 17.4 Å². The van der Waals surface area contributed by atoms with Gasteiger partial charge in [0, 0.05) is 44.4 Å². The van der Waals surface area contributed by atoms with E-state index in [1.54, 1.807) is 17.2 Å². The van der Waals surface area contributed by atoms with Crippen molar-refractivity contribution in [3.8, 4) is 0 Å². The Balaban J connectivity index is 1.45. The van der Waals surface area contributed by atoms with E-state index < -0.39 is 0 Å². The number of hydrogen-bond acceptors (Lipinski definition) is 6. The van der Waals surface area contributed by atoms with Crippen molar-refractivity contribution in [2.24, 2.45) is 0 Å². The largest absolute Gasteiger partial charge is 0.378 e. The van der Waals surface area contributed by atoms with E-state index in [9.17, 15) is 9.59 Å². The maximum Gasteiger partial charge on any atom is 0.255 e. The topological polar surface area (TPSA) is 91.4 Å². The van der Waals surface area contributed by atoms with Crippen LogP contribution in [0.25, 0.3) is 0 Å². The Labute approximate surface area is 157 Å². The molecule has 0 bridgehead atoms. The number of aromatic amines is 1. The molecule has 1 atom stereocenters. The van der Waals surface area contributed by atoms with Gasteiger partial charge in [-0.15, -0.1) is 0 Å². The molecule has 2 aliphatic rings. The highest BCUT2D eigenvalue weighted by atomic mass is 16.5. The third-order valence-electron chi connectivity index (χ3n) is 5.16. The molecule has 0 spiro atoms. The number of piperidine rings is 1. The van der Waals surface area contributed by atoms with Crippen LogP contribution in [0.1, 0.15) is 34.8 Å². The quantitative estimate of drug-likeness (QED) is 0.869. The predicted molar refractivity (Wildman–Crippen MR) is 100 cm³/mol. The van der Waals surface area contributed by atoms with Gasteiger partial charge < -0.3 is 19.5 Å². The standard InChI is InChI=1S/C19H23N5O3/c25-18-10-16(21-13-22-18)15-2-1-5-24(12-15)17-4-3-14(11-20-17)19(26)23-6-8-27-9-7-23/h3-4,10-11,13,15H,1-2,5-9,12H2,(H,21,22,25). The third kappa shape index (κ3) is 4.00. The minimum absolute atomic E-state index is 0.00146. The van der Waals surface area contributed by atoms with E-state index >= 15 is 0 Å². The lowest BCUT2D eigenvalue weighted by atomic mass is 9.94. The van der Waals surface area contributed by atoms with Crippen LogP contribution in [0.3, 0.4) is 0 Å². The highest BCUT2D eigenvalue weighted by molar-refractivity contribution is 5.94. The Kier molecular flexibility index (Phi) is 5.15. The smallest absolute Gasteiger partial charge is 0.255 e. The summed E-state index contributed by atoms with van der Waals surface area (Å²) in [5.74, 6) is 1.06. The van der Waals surface area contributed by atoms with Crippen molar-refractivity contribution in [1.29, 1.82) is 0 Å². The Hall–Kier alpha value is -2.74. The van der Waals surface area contributed by atoms with Crippen molar-refractivity contribution in [1.82, 2.24) is 19.9 Å². The molecule has 8 heteroatoms. The molecule has 0 radical (unpaired) electrons. The first-order valence-electron chi connectivity index (χ1n) is 9.33. The average molecular weight is 369 g/mol. The number of H-pyrrole nitrogens is 1. The molecule has 27 heavy (non-hydrogen) atoms. The van der Waals surface area contributed by atoms with Gasteiger partial charge in [-0.3, -0.25) is 9.59 Å². The maximum absolute atomic E-state index is 12.5. The predicted octanol–water partition coefficient (Wildman–Crippen LogP) is 1.02. The van der Waals surface area contributed by atoms with Crippen molar-refractivity contribution in [2.75, 3.05) is 44.3 Å². The second kappa shape index (κ2) is 7.87. The molecule has 2 saturated heterocycles. The summed E-state index contributed by atoms with van der Waals surface area (Å²) in [6.07, 6.45) is 5.12. The fourth-order valence-corrected chi connectivity index (χ4v) is 3.68. The van der Waals surface area contributed by atoms with Gasteiger partial charge in [-0.05, 0) is 25.0 Å². The van der Waals surface area contributed by atoms with Gasteiger partial charge in [-0.2, -0.15) is 0 Å². The lowest BCUT2D eigenvalue weighted by molar-refractivity contribution is 0.0302. The van der Waals surface area contributed by atoms with Gasteiger partial charge in [-0.1, -0.05) is 0 Å². The summed E-state index contributed by atoms with van der Waals surface area (Å²) >= 11 is 0. The van der Waals surface area contributed by atoms with Crippen molar-refractivity contribution in [3.63, 3.8) is 0 Å². The number of hydrogen-bond donors (Lipinski definition) is 1. The monoisotopic (exact) mass is 369 g/mol. The summed E-state index contributed by atoms with van der Waals surface area (Å²) in [6.45, 7) is 4.09. The summed E-state index contributed by atoms with van der Waals surface area (Å²) in [5.41, 5.74) is 1.30. The SMILES string of the molecule is O=C(c1ccc(N2CCCC(c3cc(=O)[nH]cn3)C2)nc1)N1CCOCC1. The number of pyridine rings is 1. The molecule has 142 valence electrons. The van der Waals surface area contributed by atoms with Crippen LogP contribution in [-0.4, -0.2) is 65.2 Å². The number of nitrogens with one attached hydrogen (secondary N) is 1. The van der Waals surface area contributed by atoms with Gasteiger partial charge in [0.15, 0.2) is 0 Å². The van der Waals surface area contributed by atoms with Crippen molar-refractivity contribution in [3.05, 3.63) is 52.3 Å². The molecule has 1 amide bonds. The van der Waals surface area contributed by atoms with E-state index in [0.29, 0.717) is 31.9 Å². The van der Waals surface area contributed by atoms with Gasteiger partial charge in [-0.25, -0.2) is 9.97 Å². The third-order valence-corrected chi connectivity index (χ3v) is 5.16. The lowest BCUT2D eigenvalue weighted by Gasteiger charge is -2.33. The molecule has 2 aromatic rings. The molecule has 2 aliphatic heterocycles. The first kappa shape index (κ1) is 17.7. The number of amides is 1. The van der Waals surface area contributed by atoms with Crippen LogP contribution in [0.2, 0.25) is 0 Å². The number of carbonyl (C=O) groups excluding carboxylic acids is 1. The Morgan fingerprint density at radius 3 is 2.78 bits per heavy atom. The van der Waals surface area contributed by atoms with Crippen LogP contribution < -0.4 is 10.5 Å². The molecule has 0 aliphatic carbocycles. The normalized spacial score (nSPS) is 20.5. The Morgan fingerprint density at radius 2 is 2.04 bits per heavy atom. The van der Waals surface area contributed by atoms with E-state index in [1.165, 1.54) is 6.33 Å². The zero-order valence-corrected chi connectivity index (χ0v) is 15.1. The summed E-state index contributed by atoms with van der Waals surface area (Å²) in [7, 11) is 0. The van der Waals surface area contributed by atoms with Crippen LogP contribution in [0, 0.1) is 0 Å². The van der Waals surface area contributed by atoms with E-state index in [4.69, 9.17) is 4.74 Å². The lowest BCUT2D eigenvalue weighted by Crippen LogP contribution is -2.40. The second-order valence-corrected chi connectivity index (χ2v) is 6.93. The van der Waals surface area contributed by atoms with Crippen LogP contribution >= 0.6 is 0 Å². The molecule has 1 N–H and O–H groups in total.